The van der Waals surface area contributed by atoms with Gasteiger partial charge in [0.15, 0.2) is 0 Å². The number of carbonyl (C=O) groups excluding carboxylic acids is 1. The summed E-state index contributed by atoms with van der Waals surface area (Å²) in [4.78, 5) is 22.3. The lowest BCUT2D eigenvalue weighted by Crippen LogP contribution is -2.23. The quantitative estimate of drug-likeness (QED) is 0.686. The van der Waals surface area contributed by atoms with Gasteiger partial charge in [-0.3, -0.25) is 14.9 Å². The third-order valence-corrected chi connectivity index (χ3v) is 3.57. The predicted octanol–water partition coefficient (Wildman–Crippen LogP) is 3.83. The first-order valence-corrected chi connectivity index (χ1v) is 6.70. The van der Waals surface area contributed by atoms with Crippen LogP contribution >= 0.6 is 23.2 Å². The molecule has 0 aliphatic rings. The normalized spacial score (nSPS) is 10.2. The monoisotopic (exact) mass is 324 g/mol. The number of nitrogens with zero attached hydrogens (tertiary/aromatic N) is 1. The fraction of sp³-hybridized carbons (Fsp3) is 0.0714. The second-order valence-corrected chi connectivity index (χ2v) is 5.00. The summed E-state index contributed by atoms with van der Waals surface area (Å²) < 4.78 is 0. The molecule has 2 aromatic carbocycles. The number of carbonyl (C=O) groups is 1. The van der Waals surface area contributed by atoms with Crippen molar-refractivity contribution in [1.82, 2.24) is 5.32 Å². The standard InChI is InChI=1S/C14H10Cl2N2O3/c15-12-7-10(18(20)21)6-11(13(12)16)14(19)17-8-9-4-2-1-3-5-9/h1-7H,8H2,(H,17,19). The van der Waals surface area contributed by atoms with E-state index in [1.165, 1.54) is 0 Å². The van der Waals surface area contributed by atoms with E-state index in [1.807, 2.05) is 30.3 Å². The van der Waals surface area contributed by atoms with Gasteiger partial charge < -0.3 is 5.32 Å². The molecule has 108 valence electrons. The Morgan fingerprint density at radius 2 is 1.86 bits per heavy atom. The number of nitro benzene ring substituents is 1. The van der Waals surface area contributed by atoms with E-state index in [2.05, 4.69) is 5.32 Å². The second kappa shape index (κ2) is 6.56. The minimum Gasteiger partial charge on any atom is -0.348 e. The zero-order valence-electron chi connectivity index (χ0n) is 10.7. The van der Waals surface area contributed by atoms with Crippen molar-refractivity contribution in [3.8, 4) is 0 Å². The first kappa shape index (κ1) is 15.3. The summed E-state index contributed by atoms with van der Waals surface area (Å²) in [5, 5.41) is 13.4. The van der Waals surface area contributed by atoms with Crippen LogP contribution in [0.15, 0.2) is 42.5 Å². The largest absolute Gasteiger partial charge is 0.348 e. The van der Waals surface area contributed by atoms with Crippen molar-refractivity contribution in [3.05, 3.63) is 73.8 Å². The molecule has 0 bridgehead atoms. The Bertz CT molecular complexity index is 690. The van der Waals surface area contributed by atoms with Crippen LogP contribution in [-0.4, -0.2) is 10.8 Å². The number of amides is 1. The van der Waals surface area contributed by atoms with Gasteiger partial charge in [0.1, 0.15) is 0 Å². The fourth-order valence-electron chi connectivity index (χ4n) is 1.72. The van der Waals surface area contributed by atoms with Crippen LogP contribution < -0.4 is 5.32 Å². The van der Waals surface area contributed by atoms with Gasteiger partial charge in [0.25, 0.3) is 11.6 Å². The first-order chi connectivity index (χ1) is 9.99. The molecule has 7 heteroatoms. The Hall–Kier alpha value is -2.11. The average molecular weight is 325 g/mol. The van der Waals surface area contributed by atoms with E-state index in [-0.39, 0.29) is 27.8 Å². The topological polar surface area (TPSA) is 72.2 Å². The molecular formula is C14H10Cl2N2O3. The van der Waals surface area contributed by atoms with Crippen molar-refractivity contribution < 1.29 is 9.72 Å². The van der Waals surface area contributed by atoms with Gasteiger partial charge in [-0.05, 0) is 5.56 Å². The molecule has 5 nitrogen and oxygen atoms in total. The molecule has 0 aromatic heterocycles. The van der Waals surface area contributed by atoms with Gasteiger partial charge >= 0.3 is 0 Å². The third-order valence-electron chi connectivity index (χ3n) is 2.76. The van der Waals surface area contributed by atoms with Crippen LogP contribution in [0.5, 0.6) is 0 Å². The van der Waals surface area contributed by atoms with Gasteiger partial charge in [-0.15, -0.1) is 0 Å². The molecule has 2 rings (SSSR count). The lowest BCUT2D eigenvalue weighted by molar-refractivity contribution is -0.384. The highest BCUT2D eigenvalue weighted by atomic mass is 35.5. The van der Waals surface area contributed by atoms with Gasteiger partial charge in [0.2, 0.25) is 0 Å². The molecule has 1 N–H and O–H groups in total. The molecule has 0 radical (unpaired) electrons. The van der Waals surface area contributed by atoms with Crippen LogP contribution in [0.1, 0.15) is 15.9 Å². The predicted molar refractivity (Wildman–Crippen MR) is 80.7 cm³/mol. The maximum absolute atomic E-state index is 12.1. The number of hydrogen-bond acceptors (Lipinski definition) is 3. The van der Waals surface area contributed by atoms with Gasteiger partial charge in [-0.25, -0.2) is 0 Å². The molecule has 0 saturated heterocycles. The lowest BCUT2D eigenvalue weighted by atomic mass is 10.1. The summed E-state index contributed by atoms with van der Waals surface area (Å²) in [6, 6.07) is 11.5. The van der Waals surface area contributed by atoms with E-state index in [4.69, 9.17) is 23.2 Å². The number of halogens is 2. The number of benzene rings is 2. The minimum absolute atomic E-state index is 0.00664. The van der Waals surface area contributed by atoms with Crippen molar-refractivity contribution in [2.24, 2.45) is 0 Å². The van der Waals surface area contributed by atoms with Crippen LogP contribution in [-0.2, 0) is 6.54 Å². The molecule has 0 atom stereocenters. The van der Waals surface area contributed by atoms with E-state index in [0.29, 0.717) is 0 Å². The smallest absolute Gasteiger partial charge is 0.271 e. The van der Waals surface area contributed by atoms with E-state index < -0.39 is 10.8 Å². The SMILES string of the molecule is O=C(NCc1ccccc1)c1cc([N+](=O)[O-])cc(Cl)c1Cl. The van der Waals surface area contributed by atoms with E-state index >= 15 is 0 Å². The van der Waals surface area contributed by atoms with Crippen molar-refractivity contribution in [1.29, 1.82) is 0 Å². The van der Waals surface area contributed by atoms with Crippen molar-refractivity contribution in [3.63, 3.8) is 0 Å². The average Bonchev–Trinajstić information content (AvgIpc) is 2.48. The highest BCUT2D eigenvalue weighted by Gasteiger charge is 2.19. The number of non-ortho nitro benzene ring substituents is 1. The molecule has 0 aliphatic carbocycles. The Kier molecular flexibility index (Phi) is 4.77. The number of nitro groups is 1. The molecule has 2 aromatic rings. The number of rotatable bonds is 4. The molecule has 21 heavy (non-hydrogen) atoms. The molecule has 0 unspecified atom stereocenters. The second-order valence-electron chi connectivity index (χ2n) is 4.21. The molecular weight excluding hydrogens is 315 g/mol. The van der Waals surface area contributed by atoms with Crippen LogP contribution in [0.2, 0.25) is 10.0 Å². The Morgan fingerprint density at radius 3 is 2.48 bits per heavy atom. The highest BCUT2D eigenvalue weighted by Crippen LogP contribution is 2.30. The molecule has 0 heterocycles. The summed E-state index contributed by atoms with van der Waals surface area (Å²) in [6.45, 7) is 0.288. The maximum Gasteiger partial charge on any atom is 0.271 e. The van der Waals surface area contributed by atoms with Crippen molar-refractivity contribution in [2.45, 2.75) is 6.54 Å². The molecule has 1 amide bonds. The Balaban J connectivity index is 2.21. The van der Waals surface area contributed by atoms with Gasteiger partial charge in [-0.2, -0.15) is 0 Å². The summed E-state index contributed by atoms with van der Waals surface area (Å²) in [5.41, 5.74) is 0.597. The van der Waals surface area contributed by atoms with Gasteiger partial charge in [-0.1, -0.05) is 53.5 Å². The van der Waals surface area contributed by atoms with Crippen LogP contribution in [0.3, 0.4) is 0 Å². The van der Waals surface area contributed by atoms with E-state index in [1.54, 1.807) is 0 Å². The van der Waals surface area contributed by atoms with Gasteiger partial charge in [0.05, 0.1) is 20.5 Å². The fourth-order valence-corrected chi connectivity index (χ4v) is 2.13. The zero-order chi connectivity index (χ0) is 15.4. The molecule has 0 saturated carbocycles. The van der Waals surface area contributed by atoms with Crippen molar-refractivity contribution >= 4 is 34.8 Å². The van der Waals surface area contributed by atoms with Crippen LogP contribution in [0.25, 0.3) is 0 Å². The molecule has 0 fully saturated rings. The Labute approximate surface area is 130 Å². The molecule has 0 aliphatic heterocycles. The van der Waals surface area contributed by atoms with Crippen LogP contribution in [0, 0.1) is 10.1 Å². The summed E-state index contributed by atoms with van der Waals surface area (Å²) >= 11 is 11.7. The van der Waals surface area contributed by atoms with Crippen LogP contribution in [0.4, 0.5) is 5.69 Å². The molecule has 0 spiro atoms. The summed E-state index contributed by atoms with van der Waals surface area (Å²) in [5.74, 6) is -0.519. The zero-order valence-corrected chi connectivity index (χ0v) is 12.2. The first-order valence-electron chi connectivity index (χ1n) is 5.94. The lowest BCUT2D eigenvalue weighted by Gasteiger charge is -2.08. The summed E-state index contributed by atoms with van der Waals surface area (Å²) in [6.07, 6.45) is 0. The number of hydrogen-bond donors (Lipinski definition) is 1. The Morgan fingerprint density at radius 1 is 1.19 bits per heavy atom. The van der Waals surface area contributed by atoms with Crippen molar-refractivity contribution in [2.75, 3.05) is 0 Å². The van der Waals surface area contributed by atoms with Gasteiger partial charge in [0, 0.05) is 18.7 Å². The number of nitrogens with one attached hydrogen (secondary N) is 1. The minimum atomic E-state index is -0.629. The van der Waals surface area contributed by atoms with E-state index in [9.17, 15) is 14.9 Å². The summed E-state index contributed by atoms with van der Waals surface area (Å²) in [7, 11) is 0. The third kappa shape index (κ3) is 3.71. The van der Waals surface area contributed by atoms with E-state index in [0.717, 1.165) is 17.7 Å². The maximum atomic E-state index is 12.1. The highest BCUT2D eigenvalue weighted by molar-refractivity contribution is 6.44.